The van der Waals surface area contributed by atoms with Gasteiger partial charge in [-0.05, 0) is 32.6 Å². The van der Waals surface area contributed by atoms with Gasteiger partial charge in [0.1, 0.15) is 0 Å². The Morgan fingerprint density at radius 2 is 2.09 bits per heavy atom. The molecule has 2 unspecified atom stereocenters. The third kappa shape index (κ3) is 5.02. The molecule has 2 atom stereocenters. The molecule has 0 rings (SSSR count). The van der Waals surface area contributed by atoms with E-state index in [0.717, 1.165) is 19.3 Å². The van der Waals surface area contributed by atoms with Crippen LogP contribution in [0.4, 0.5) is 0 Å². The summed E-state index contributed by atoms with van der Waals surface area (Å²) in [6, 6.07) is 0. The average molecular weight is 156 g/mol. The van der Waals surface area contributed by atoms with Crippen LogP contribution in [0.2, 0.25) is 0 Å². The van der Waals surface area contributed by atoms with Crippen LogP contribution >= 0.6 is 0 Å². The highest BCUT2D eigenvalue weighted by Crippen LogP contribution is 2.17. The van der Waals surface area contributed by atoms with Crippen LogP contribution in [0.25, 0.3) is 0 Å². The van der Waals surface area contributed by atoms with Crippen molar-refractivity contribution in [3.63, 3.8) is 0 Å². The molecule has 0 spiro atoms. The van der Waals surface area contributed by atoms with Crippen molar-refractivity contribution >= 4 is 0 Å². The van der Waals surface area contributed by atoms with Crippen LogP contribution in [0, 0.1) is 5.92 Å². The second-order valence-corrected chi connectivity index (χ2v) is 3.40. The van der Waals surface area contributed by atoms with E-state index in [1.807, 2.05) is 13.8 Å². The zero-order valence-electron chi connectivity index (χ0n) is 7.93. The molecular formula is C10H20O. The monoisotopic (exact) mass is 156 g/mol. The molecule has 0 fully saturated rings. The predicted molar refractivity (Wildman–Crippen MR) is 49.5 cm³/mol. The molecule has 0 amide bonds. The van der Waals surface area contributed by atoms with Crippen molar-refractivity contribution in [3.8, 4) is 0 Å². The van der Waals surface area contributed by atoms with Crippen molar-refractivity contribution in [2.45, 2.75) is 46.1 Å². The third-order valence-electron chi connectivity index (χ3n) is 2.15. The lowest BCUT2D eigenvalue weighted by atomic mass is 9.93. The van der Waals surface area contributed by atoms with Crippen LogP contribution in [0.15, 0.2) is 12.2 Å². The molecule has 0 saturated heterocycles. The van der Waals surface area contributed by atoms with Crippen molar-refractivity contribution < 1.29 is 5.11 Å². The first-order valence-corrected chi connectivity index (χ1v) is 4.40. The summed E-state index contributed by atoms with van der Waals surface area (Å²) in [5, 5.41) is 9.30. The largest absolute Gasteiger partial charge is 0.393 e. The minimum Gasteiger partial charge on any atom is -0.393 e. The van der Waals surface area contributed by atoms with E-state index in [0.29, 0.717) is 5.92 Å². The fourth-order valence-corrected chi connectivity index (χ4v) is 1.22. The van der Waals surface area contributed by atoms with Gasteiger partial charge < -0.3 is 5.11 Å². The number of aliphatic hydroxyl groups is 1. The lowest BCUT2D eigenvalue weighted by Crippen LogP contribution is -2.15. The maximum absolute atomic E-state index is 9.30. The summed E-state index contributed by atoms with van der Waals surface area (Å²) in [5.74, 6) is 0.451. The Morgan fingerprint density at radius 1 is 1.55 bits per heavy atom. The highest BCUT2D eigenvalue weighted by molar-refractivity contribution is 4.88. The van der Waals surface area contributed by atoms with Gasteiger partial charge in [0, 0.05) is 0 Å². The molecule has 0 heterocycles. The molecule has 0 aromatic rings. The van der Waals surface area contributed by atoms with Crippen molar-refractivity contribution in [3.05, 3.63) is 12.2 Å². The van der Waals surface area contributed by atoms with E-state index < -0.39 is 0 Å². The van der Waals surface area contributed by atoms with Gasteiger partial charge in [0.15, 0.2) is 0 Å². The van der Waals surface area contributed by atoms with E-state index in [2.05, 4.69) is 13.5 Å². The van der Waals surface area contributed by atoms with Gasteiger partial charge in [0.25, 0.3) is 0 Å². The van der Waals surface area contributed by atoms with Gasteiger partial charge >= 0.3 is 0 Å². The molecular weight excluding hydrogens is 136 g/mol. The first-order valence-electron chi connectivity index (χ1n) is 4.40. The van der Waals surface area contributed by atoms with Gasteiger partial charge in [0.2, 0.25) is 0 Å². The van der Waals surface area contributed by atoms with Gasteiger partial charge in [-0.15, -0.1) is 6.58 Å². The van der Waals surface area contributed by atoms with E-state index in [1.54, 1.807) is 0 Å². The number of rotatable bonds is 5. The van der Waals surface area contributed by atoms with Crippen LogP contribution in [-0.4, -0.2) is 11.2 Å². The Bertz CT molecular complexity index is 116. The highest BCUT2D eigenvalue weighted by atomic mass is 16.3. The fraction of sp³-hybridized carbons (Fsp3) is 0.800. The SMILES string of the molecule is C=C(C)CCC(CC)C(C)O. The summed E-state index contributed by atoms with van der Waals surface area (Å²) in [6.07, 6.45) is 3.01. The topological polar surface area (TPSA) is 20.2 Å². The first kappa shape index (κ1) is 10.7. The quantitative estimate of drug-likeness (QED) is 0.607. The number of hydrogen-bond donors (Lipinski definition) is 1. The Balaban J connectivity index is 3.61. The molecule has 1 N–H and O–H groups in total. The van der Waals surface area contributed by atoms with E-state index in [9.17, 15) is 5.11 Å². The molecule has 0 saturated carbocycles. The van der Waals surface area contributed by atoms with Gasteiger partial charge in [-0.1, -0.05) is 18.9 Å². The smallest absolute Gasteiger partial charge is 0.0540 e. The maximum atomic E-state index is 9.30. The van der Waals surface area contributed by atoms with E-state index in [1.165, 1.54) is 5.57 Å². The van der Waals surface area contributed by atoms with Crippen molar-refractivity contribution in [1.29, 1.82) is 0 Å². The molecule has 0 aliphatic carbocycles. The molecule has 66 valence electrons. The van der Waals surface area contributed by atoms with Crippen LogP contribution < -0.4 is 0 Å². The molecule has 11 heavy (non-hydrogen) atoms. The second-order valence-electron chi connectivity index (χ2n) is 3.40. The third-order valence-corrected chi connectivity index (χ3v) is 2.15. The second kappa shape index (κ2) is 5.36. The van der Waals surface area contributed by atoms with Gasteiger partial charge in [-0.3, -0.25) is 0 Å². The summed E-state index contributed by atoms with van der Waals surface area (Å²) < 4.78 is 0. The summed E-state index contributed by atoms with van der Waals surface area (Å²) >= 11 is 0. The Labute approximate surface area is 70.1 Å². The fourth-order valence-electron chi connectivity index (χ4n) is 1.22. The van der Waals surface area contributed by atoms with Crippen LogP contribution in [0.1, 0.15) is 40.0 Å². The Hall–Kier alpha value is -0.300. The number of aliphatic hydroxyl groups excluding tert-OH is 1. The van der Waals surface area contributed by atoms with Crippen LogP contribution in [0.3, 0.4) is 0 Å². The van der Waals surface area contributed by atoms with Crippen molar-refractivity contribution in [1.82, 2.24) is 0 Å². The Kier molecular flexibility index (Phi) is 5.22. The summed E-state index contributed by atoms with van der Waals surface area (Å²) in [6.45, 7) is 9.86. The van der Waals surface area contributed by atoms with Gasteiger partial charge in [-0.2, -0.15) is 0 Å². The summed E-state index contributed by atoms with van der Waals surface area (Å²) in [7, 11) is 0. The van der Waals surface area contributed by atoms with E-state index >= 15 is 0 Å². The molecule has 0 aliphatic rings. The van der Waals surface area contributed by atoms with Crippen molar-refractivity contribution in [2.24, 2.45) is 5.92 Å². The van der Waals surface area contributed by atoms with E-state index in [-0.39, 0.29) is 6.10 Å². The van der Waals surface area contributed by atoms with Crippen LogP contribution in [0.5, 0.6) is 0 Å². The standard InChI is InChI=1S/C10H20O/c1-5-10(9(4)11)7-6-8(2)3/h9-11H,2,5-7H2,1,3-4H3. The first-order chi connectivity index (χ1) is 5.07. The molecule has 0 radical (unpaired) electrons. The molecule has 0 aromatic heterocycles. The zero-order valence-corrected chi connectivity index (χ0v) is 7.93. The lowest BCUT2D eigenvalue weighted by molar-refractivity contribution is 0.118. The van der Waals surface area contributed by atoms with Gasteiger partial charge in [-0.25, -0.2) is 0 Å². The molecule has 1 heteroatoms. The van der Waals surface area contributed by atoms with Crippen LogP contribution in [-0.2, 0) is 0 Å². The molecule has 0 bridgehead atoms. The average Bonchev–Trinajstić information content (AvgIpc) is 1.87. The minimum absolute atomic E-state index is 0.167. The van der Waals surface area contributed by atoms with E-state index in [4.69, 9.17) is 0 Å². The molecule has 0 aliphatic heterocycles. The molecule has 1 nitrogen and oxygen atoms in total. The highest BCUT2D eigenvalue weighted by Gasteiger charge is 2.11. The zero-order chi connectivity index (χ0) is 8.85. The molecule has 0 aromatic carbocycles. The number of hydrogen-bond acceptors (Lipinski definition) is 1. The maximum Gasteiger partial charge on any atom is 0.0540 e. The van der Waals surface area contributed by atoms with Gasteiger partial charge in [0.05, 0.1) is 6.10 Å². The summed E-state index contributed by atoms with van der Waals surface area (Å²) in [4.78, 5) is 0. The number of allylic oxidation sites excluding steroid dienone is 1. The normalized spacial score (nSPS) is 16.0. The minimum atomic E-state index is -0.167. The van der Waals surface area contributed by atoms with Crippen molar-refractivity contribution in [2.75, 3.05) is 0 Å². The summed E-state index contributed by atoms with van der Waals surface area (Å²) in [5.41, 5.74) is 1.21. The lowest BCUT2D eigenvalue weighted by Gasteiger charge is -2.17. The predicted octanol–water partition coefficient (Wildman–Crippen LogP) is 2.75. The Morgan fingerprint density at radius 3 is 2.36 bits per heavy atom.